The van der Waals surface area contributed by atoms with Crippen molar-refractivity contribution in [1.29, 1.82) is 0 Å². The number of benzene rings is 2. The molecule has 2 aromatic rings. The average Bonchev–Trinajstić information content (AvgIpc) is 2.48. The lowest BCUT2D eigenvalue weighted by Gasteiger charge is -2.18. The molecule has 2 rings (SSSR count). The molecule has 0 aliphatic rings. The highest BCUT2D eigenvalue weighted by molar-refractivity contribution is 9.11. The molecule has 0 saturated heterocycles. The molecule has 0 bridgehead atoms. The van der Waals surface area contributed by atoms with Crippen LogP contribution >= 0.6 is 47.8 Å². The summed E-state index contributed by atoms with van der Waals surface area (Å²) in [6, 6.07) is 8.82. The standard InChI is InChI=1S/C15H12Br3FO2/c1-20-13-5-8(16)3-4-9(13)15(18)10-6-11(17)12(19)7-14(10)21-2/h3-7,15H,1-2H3. The van der Waals surface area contributed by atoms with Gasteiger partial charge in [-0.15, -0.1) is 0 Å². The second-order valence-electron chi connectivity index (χ2n) is 4.26. The lowest BCUT2D eigenvalue weighted by atomic mass is 10.0. The number of ether oxygens (including phenoxy) is 2. The summed E-state index contributed by atoms with van der Waals surface area (Å²) in [6.45, 7) is 0. The third-order valence-electron chi connectivity index (χ3n) is 3.01. The molecule has 0 saturated carbocycles. The first-order valence-electron chi connectivity index (χ1n) is 5.98. The largest absolute Gasteiger partial charge is 0.496 e. The predicted molar refractivity (Wildman–Crippen MR) is 92.1 cm³/mol. The van der Waals surface area contributed by atoms with Gasteiger partial charge in [-0.25, -0.2) is 4.39 Å². The SMILES string of the molecule is COc1cc(Br)ccc1C(Br)c1cc(Br)c(F)cc1OC. The van der Waals surface area contributed by atoms with E-state index in [0.29, 0.717) is 10.2 Å². The third-order valence-corrected chi connectivity index (χ3v) is 5.10. The Balaban J connectivity index is 2.54. The molecule has 1 unspecified atom stereocenters. The van der Waals surface area contributed by atoms with Gasteiger partial charge in [-0.3, -0.25) is 0 Å². The molecule has 2 aromatic carbocycles. The molecule has 0 N–H and O–H groups in total. The number of rotatable bonds is 4. The minimum Gasteiger partial charge on any atom is -0.496 e. The lowest BCUT2D eigenvalue weighted by Crippen LogP contribution is -2.01. The van der Waals surface area contributed by atoms with E-state index in [-0.39, 0.29) is 10.6 Å². The summed E-state index contributed by atoms with van der Waals surface area (Å²) in [4.78, 5) is -0.188. The van der Waals surface area contributed by atoms with Crippen LogP contribution in [0.5, 0.6) is 11.5 Å². The maximum absolute atomic E-state index is 13.6. The van der Waals surface area contributed by atoms with Crippen molar-refractivity contribution in [3.63, 3.8) is 0 Å². The molecule has 0 aromatic heterocycles. The minimum atomic E-state index is -0.363. The van der Waals surface area contributed by atoms with Gasteiger partial charge in [-0.1, -0.05) is 37.9 Å². The van der Waals surface area contributed by atoms with Gasteiger partial charge in [0.05, 0.1) is 23.5 Å². The molecular formula is C15H12Br3FO2. The molecule has 21 heavy (non-hydrogen) atoms. The Morgan fingerprint density at radius 3 is 2.19 bits per heavy atom. The van der Waals surface area contributed by atoms with Crippen LogP contribution in [0.3, 0.4) is 0 Å². The van der Waals surface area contributed by atoms with Crippen molar-refractivity contribution in [3.8, 4) is 11.5 Å². The highest BCUT2D eigenvalue weighted by atomic mass is 79.9. The van der Waals surface area contributed by atoms with E-state index in [2.05, 4.69) is 47.8 Å². The molecule has 0 aliphatic heterocycles. The Bertz CT molecular complexity index is 662. The lowest BCUT2D eigenvalue weighted by molar-refractivity contribution is 0.402. The van der Waals surface area contributed by atoms with Gasteiger partial charge < -0.3 is 9.47 Å². The Morgan fingerprint density at radius 1 is 0.952 bits per heavy atom. The number of hydrogen-bond acceptors (Lipinski definition) is 2. The third kappa shape index (κ3) is 3.60. The molecule has 0 fully saturated rings. The average molecular weight is 483 g/mol. The molecule has 0 spiro atoms. The van der Waals surface area contributed by atoms with E-state index in [0.717, 1.165) is 21.3 Å². The first-order valence-corrected chi connectivity index (χ1v) is 8.48. The van der Waals surface area contributed by atoms with Crippen LogP contribution in [-0.4, -0.2) is 14.2 Å². The second-order valence-corrected chi connectivity index (χ2v) is 6.94. The first kappa shape index (κ1) is 16.8. The Kier molecular flexibility index (Phi) is 5.68. The molecule has 0 heterocycles. The number of halogens is 4. The summed E-state index contributed by atoms with van der Waals surface area (Å²) in [7, 11) is 3.13. The van der Waals surface area contributed by atoms with Crippen LogP contribution in [0.2, 0.25) is 0 Å². The van der Waals surface area contributed by atoms with Gasteiger partial charge in [-0.2, -0.15) is 0 Å². The van der Waals surface area contributed by atoms with Crippen molar-refractivity contribution in [3.05, 3.63) is 56.2 Å². The zero-order chi connectivity index (χ0) is 15.6. The normalized spacial score (nSPS) is 12.1. The summed E-state index contributed by atoms with van der Waals surface area (Å²) in [5.41, 5.74) is 1.74. The summed E-state index contributed by atoms with van der Waals surface area (Å²) in [5.74, 6) is 0.842. The van der Waals surface area contributed by atoms with Gasteiger partial charge in [0.2, 0.25) is 0 Å². The van der Waals surface area contributed by atoms with Crippen LogP contribution in [0.25, 0.3) is 0 Å². The monoisotopic (exact) mass is 480 g/mol. The highest BCUT2D eigenvalue weighted by Gasteiger charge is 2.21. The van der Waals surface area contributed by atoms with Crippen LogP contribution in [-0.2, 0) is 0 Å². The topological polar surface area (TPSA) is 18.5 Å². The second kappa shape index (κ2) is 7.11. The van der Waals surface area contributed by atoms with E-state index in [1.807, 2.05) is 18.2 Å². The number of alkyl halides is 1. The predicted octanol–water partition coefficient (Wildman–Crippen LogP) is 5.85. The smallest absolute Gasteiger partial charge is 0.141 e. The van der Waals surface area contributed by atoms with E-state index >= 15 is 0 Å². The fourth-order valence-corrected chi connectivity index (χ4v) is 3.42. The maximum atomic E-state index is 13.6. The summed E-state index contributed by atoms with van der Waals surface area (Å²) in [6.07, 6.45) is 0. The molecule has 0 amide bonds. The van der Waals surface area contributed by atoms with Gasteiger partial charge in [0.15, 0.2) is 0 Å². The highest BCUT2D eigenvalue weighted by Crippen LogP contribution is 2.42. The van der Waals surface area contributed by atoms with Crippen LogP contribution in [0.15, 0.2) is 39.3 Å². The van der Waals surface area contributed by atoms with Crippen molar-refractivity contribution in [1.82, 2.24) is 0 Å². The number of methoxy groups -OCH3 is 2. The van der Waals surface area contributed by atoms with Crippen LogP contribution in [0, 0.1) is 5.82 Å². The summed E-state index contributed by atoms with van der Waals surface area (Å²) >= 11 is 10.3. The van der Waals surface area contributed by atoms with Gasteiger partial charge in [0, 0.05) is 21.7 Å². The van der Waals surface area contributed by atoms with Gasteiger partial charge >= 0.3 is 0 Å². The zero-order valence-corrected chi connectivity index (χ0v) is 16.1. The first-order chi connectivity index (χ1) is 9.97. The molecular weight excluding hydrogens is 471 g/mol. The fraction of sp³-hybridized carbons (Fsp3) is 0.200. The van der Waals surface area contributed by atoms with E-state index in [1.165, 1.54) is 13.2 Å². The van der Waals surface area contributed by atoms with Gasteiger partial charge in [-0.05, 0) is 34.1 Å². The van der Waals surface area contributed by atoms with Crippen molar-refractivity contribution in [2.45, 2.75) is 4.83 Å². The van der Waals surface area contributed by atoms with E-state index in [9.17, 15) is 4.39 Å². The van der Waals surface area contributed by atoms with E-state index < -0.39 is 0 Å². The molecule has 0 radical (unpaired) electrons. The Labute approximate surface area is 148 Å². The van der Waals surface area contributed by atoms with Crippen molar-refractivity contribution in [2.24, 2.45) is 0 Å². The van der Waals surface area contributed by atoms with Gasteiger partial charge in [0.1, 0.15) is 17.3 Å². The van der Waals surface area contributed by atoms with Crippen molar-refractivity contribution >= 4 is 47.8 Å². The van der Waals surface area contributed by atoms with E-state index in [4.69, 9.17) is 9.47 Å². The van der Waals surface area contributed by atoms with Crippen LogP contribution < -0.4 is 9.47 Å². The van der Waals surface area contributed by atoms with Crippen molar-refractivity contribution < 1.29 is 13.9 Å². The minimum absolute atomic E-state index is 0.188. The summed E-state index contributed by atoms with van der Waals surface area (Å²) in [5, 5.41) is 0. The molecule has 2 nitrogen and oxygen atoms in total. The molecule has 6 heteroatoms. The molecule has 0 aliphatic carbocycles. The molecule has 112 valence electrons. The Hall–Kier alpha value is -0.590. The summed E-state index contributed by atoms with van der Waals surface area (Å²) < 4.78 is 25.6. The number of hydrogen-bond donors (Lipinski definition) is 0. The maximum Gasteiger partial charge on any atom is 0.141 e. The van der Waals surface area contributed by atoms with Crippen LogP contribution in [0.4, 0.5) is 4.39 Å². The van der Waals surface area contributed by atoms with E-state index in [1.54, 1.807) is 13.2 Å². The Morgan fingerprint density at radius 2 is 1.57 bits per heavy atom. The van der Waals surface area contributed by atoms with Gasteiger partial charge in [0.25, 0.3) is 0 Å². The van der Waals surface area contributed by atoms with Crippen molar-refractivity contribution in [2.75, 3.05) is 14.2 Å². The zero-order valence-electron chi connectivity index (χ0n) is 11.3. The van der Waals surface area contributed by atoms with Crippen LogP contribution in [0.1, 0.15) is 16.0 Å². The molecule has 1 atom stereocenters. The fourth-order valence-electron chi connectivity index (χ4n) is 1.98. The quantitative estimate of drug-likeness (QED) is 0.509.